The fourth-order valence-corrected chi connectivity index (χ4v) is 2.48. The van der Waals surface area contributed by atoms with Crippen LogP contribution in [0.3, 0.4) is 0 Å². The van der Waals surface area contributed by atoms with Gasteiger partial charge in [0.1, 0.15) is 0 Å². The number of hydrogen-bond acceptors (Lipinski definition) is 3. The lowest BCUT2D eigenvalue weighted by molar-refractivity contribution is -0.120. The molecule has 1 aromatic carbocycles. The van der Waals surface area contributed by atoms with Gasteiger partial charge in [-0.2, -0.15) is 0 Å². The summed E-state index contributed by atoms with van der Waals surface area (Å²) >= 11 is 0. The Morgan fingerprint density at radius 3 is 2.75 bits per heavy atom. The van der Waals surface area contributed by atoms with Gasteiger partial charge in [-0.15, -0.1) is 0 Å². The second-order valence-electron chi connectivity index (χ2n) is 5.85. The van der Waals surface area contributed by atoms with Crippen LogP contribution in [0.1, 0.15) is 50.3 Å². The van der Waals surface area contributed by atoms with E-state index in [1.54, 1.807) is 0 Å². The molecule has 0 saturated carbocycles. The van der Waals surface area contributed by atoms with E-state index in [9.17, 15) is 9.59 Å². The van der Waals surface area contributed by atoms with Crippen molar-refractivity contribution in [1.82, 2.24) is 0 Å². The molecule has 0 saturated heterocycles. The minimum atomic E-state index is -0.529. The van der Waals surface area contributed by atoms with E-state index in [2.05, 4.69) is 5.32 Å². The van der Waals surface area contributed by atoms with Crippen molar-refractivity contribution in [2.24, 2.45) is 11.5 Å². The van der Waals surface area contributed by atoms with Crippen LogP contribution in [0.2, 0.25) is 0 Å². The van der Waals surface area contributed by atoms with E-state index in [0.717, 1.165) is 16.8 Å². The van der Waals surface area contributed by atoms with Gasteiger partial charge in [0.05, 0.1) is 5.41 Å². The van der Waals surface area contributed by atoms with E-state index in [-0.39, 0.29) is 17.9 Å². The molecule has 1 atom stereocenters. The third-order valence-corrected chi connectivity index (χ3v) is 3.90. The molecule has 1 unspecified atom stereocenters. The van der Waals surface area contributed by atoms with Gasteiger partial charge in [0.15, 0.2) is 0 Å². The molecule has 0 bridgehead atoms. The Labute approximate surface area is 118 Å². The molecule has 0 spiro atoms. The summed E-state index contributed by atoms with van der Waals surface area (Å²) in [5.41, 5.74) is 13.5. The van der Waals surface area contributed by atoms with Gasteiger partial charge in [-0.05, 0) is 43.9 Å². The molecule has 1 aliphatic heterocycles. The van der Waals surface area contributed by atoms with Gasteiger partial charge in [0.2, 0.25) is 11.8 Å². The maximum absolute atomic E-state index is 11.9. The highest BCUT2D eigenvalue weighted by Gasteiger charge is 2.38. The summed E-state index contributed by atoms with van der Waals surface area (Å²) in [6.45, 7) is 3.80. The summed E-state index contributed by atoms with van der Waals surface area (Å²) in [5.74, 6) is -0.297. The third-order valence-electron chi connectivity index (χ3n) is 3.90. The molecule has 108 valence electrons. The highest BCUT2D eigenvalue weighted by Crippen LogP contribution is 2.38. The van der Waals surface area contributed by atoms with Crippen molar-refractivity contribution in [3.63, 3.8) is 0 Å². The van der Waals surface area contributed by atoms with E-state index >= 15 is 0 Å². The van der Waals surface area contributed by atoms with Gasteiger partial charge in [-0.1, -0.05) is 12.1 Å². The lowest BCUT2D eigenvalue weighted by Gasteiger charge is -2.18. The molecule has 20 heavy (non-hydrogen) atoms. The first-order valence-electron chi connectivity index (χ1n) is 6.82. The van der Waals surface area contributed by atoms with E-state index in [1.165, 1.54) is 0 Å². The molecule has 0 aromatic heterocycles. The highest BCUT2D eigenvalue weighted by atomic mass is 16.2. The average molecular weight is 275 g/mol. The Bertz CT molecular complexity index is 552. The average Bonchev–Trinajstić information content (AvgIpc) is 2.59. The highest BCUT2D eigenvalue weighted by molar-refractivity contribution is 6.05. The Morgan fingerprint density at radius 1 is 1.40 bits per heavy atom. The van der Waals surface area contributed by atoms with Crippen LogP contribution in [0, 0.1) is 0 Å². The molecule has 5 nitrogen and oxygen atoms in total. The number of fused-ring (bicyclic) bond motifs is 1. The van der Waals surface area contributed by atoms with Crippen molar-refractivity contribution in [3.8, 4) is 0 Å². The summed E-state index contributed by atoms with van der Waals surface area (Å²) in [5, 5.41) is 2.87. The van der Waals surface area contributed by atoms with Crippen molar-refractivity contribution in [2.45, 2.75) is 44.6 Å². The number of carbonyl (C=O) groups is 2. The topological polar surface area (TPSA) is 98.2 Å². The largest absolute Gasteiger partial charge is 0.370 e. The maximum Gasteiger partial charge on any atom is 0.234 e. The van der Waals surface area contributed by atoms with Crippen LogP contribution in [0.25, 0.3) is 0 Å². The van der Waals surface area contributed by atoms with Gasteiger partial charge in [-0.3, -0.25) is 9.59 Å². The predicted octanol–water partition coefficient (Wildman–Crippen LogP) is 1.57. The lowest BCUT2D eigenvalue weighted by atomic mass is 9.84. The van der Waals surface area contributed by atoms with Crippen LogP contribution in [-0.2, 0) is 15.0 Å². The molecule has 0 fully saturated rings. The van der Waals surface area contributed by atoms with E-state index in [0.29, 0.717) is 19.3 Å². The molecule has 2 amide bonds. The Morgan fingerprint density at radius 2 is 2.10 bits per heavy atom. The van der Waals surface area contributed by atoms with Crippen molar-refractivity contribution >= 4 is 17.5 Å². The first kappa shape index (κ1) is 14.5. The summed E-state index contributed by atoms with van der Waals surface area (Å²) in [6, 6.07) is 5.66. The molecular weight excluding hydrogens is 254 g/mol. The number of hydrogen-bond donors (Lipinski definition) is 3. The fraction of sp³-hybridized carbons (Fsp3) is 0.467. The quantitative estimate of drug-likeness (QED) is 0.760. The molecule has 2 rings (SSSR count). The molecule has 0 aliphatic carbocycles. The summed E-state index contributed by atoms with van der Waals surface area (Å²) in [7, 11) is 0. The van der Waals surface area contributed by atoms with Crippen LogP contribution >= 0.6 is 0 Å². The standard InChI is InChI=1S/C15H21N3O2/c1-15(2)10-8-9(6-7-12(10)18-14(15)20)11(16)4-3-5-13(17)19/h6-8,11H,3-5,16H2,1-2H3,(H2,17,19)(H,18,20). The lowest BCUT2D eigenvalue weighted by Crippen LogP contribution is -2.27. The van der Waals surface area contributed by atoms with Crippen LogP contribution in [0.4, 0.5) is 5.69 Å². The monoisotopic (exact) mass is 275 g/mol. The number of anilines is 1. The normalized spacial score (nSPS) is 17.4. The van der Waals surface area contributed by atoms with E-state index < -0.39 is 5.41 Å². The number of carbonyl (C=O) groups excluding carboxylic acids is 2. The summed E-state index contributed by atoms with van der Waals surface area (Å²) < 4.78 is 0. The van der Waals surface area contributed by atoms with Crippen LogP contribution in [0.5, 0.6) is 0 Å². The maximum atomic E-state index is 11.9. The van der Waals surface area contributed by atoms with Crippen LogP contribution in [-0.4, -0.2) is 11.8 Å². The Kier molecular flexibility index (Phi) is 3.81. The van der Waals surface area contributed by atoms with Crippen LogP contribution in [0.15, 0.2) is 18.2 Å². The van der Waals surface area contributed by atoms with E-state index in [4.69, 9.17) is 11.5 Å². The minimum absolute atomic E-state index is 0.00644. The van der Waals surface area contributed by atoms with Gasteiger partial charge in [-0.25, -0.2) is 0 Å². The van der Waals surface area contributed by atoms with Gasteiger partial charge < -0.3 is 16.8 Å². The second kappa shape index (κ2) is 5.25. The van der Waals surface area contributed by atoms with E-state index in [1.807, 2.05) is 32.0 Å². The molecule has 5 N–H and O–H groups in total. The summed E-state index contributed by atoms with van der Waals surface area (Å²) in [6.07, 6.45) is 1.72. The zero-order valence-corrected chi connectivity index (χ0v) is 11.9. The van der Waals surface area contributed by atoms with Crippen molar-refractivity contribution < 1.29 is 9.59 Å². The molecule has 1 heterocycles. The number of nitrogens with one attached hydrogen (secondary N) is 1. The Balaban J connectivity index is 2.14. The first-order chi connectivity index (χ1) is 9.32. The van der Waals surface area contributed by atoms with Crippen molar-refractivity contribution in [3.05, 3.63) is 29.3 Å². The second-order valence-corrected chi connectivity index (χ2v) is 5.85. The van der Waals surface area contributed by atoms with Gasteiger partial charge in [0.25, 0.3) is 0 Å². The van der Waals surface area contributed by atoms with Crippen LogP contribution < -0.4 is 16.8 Å². The first-order valence-corrected chi connectivity index (χ1v) is 6.82. The number of primary amides is 1. The fourth-order valence-electron chi connectivity index (χ4n) is 2.48. The summed E-state index contributed by atoms with van der Waals surface area (Å²) in [4.78, 5) is 22.6. The number of benzene rings is 1. The number of amides is 2. The molecular formula is C15H21N3O2. The number of nitrogens with two attached hydrogens (primary N) is 2. The van der Waals surface area contributed by atoms with Gasteiger partial charge >= 0.3 is 0 Å². The molecule has 1 aliphatic rings. The number of rotatable bonds is 5. The molecule has 0 radical (unpaired) electrons. The predicted molar refractivity (Wildman–Crippen MR) is 78.1 cm³/mol. The van der Waals surface area contributed by atoms with Crippen molar-refractivity contribution in [1.29, 1.82) is 0 Å². The van der Waals surface area contributed by atoms with Crippen molar-refractivity contribution in [2.75, 3.05) is 5.32 Å². The molecule has 5 heteroatoms. The smallest absolute Gasteiger partial charge is 0.234 e. The SMILES string of the molecule is CC1(C)C(=O)Nc2ccc(C(N)CCCC(N)=O)cc21. The third kappa shape index (κ3) is 2.67. The Hall–Kier alpha value is -1.88. The minimum Gasteiger partial charge on any atom is -0.370 e. The van der Waals surface area contributed by atoms with Gasteiger partial charge in [0, 0.05) is 18.2 Å². The zero-order chi connectivity index (χ0) is 14.9. The zero-order valence-electron chi connectivity index (χ0n) is 11.9. The molecule has 1 aromatic rings.